The van der Waals surface area contributed by atoms with Crippen LogP contribution in [0.1, 0.15) is 63.0 Å². The van der Waals surface area contributed by atoms with Crippen molar-refractivity contribution >= 4 is 23.0 Å². The minimum atomic E-state index is 0.253. The molecule has 0 bridgehead atoms. The number of unbranched alkanes of at least 4 members (excludes halogenated alkanes) is 1. The average Bonchev–Trinajstić information content (AvgIpc) is 2.82. The Morgan fingerprint density at radius 2 is 1.78 bits per heavy atom. The van der Waals surface area contributed by atoms with Crippen LogP contribution in [0.5, 0.6) is 5.75 Å². The first-order valence-electron chi connectivity index (χ1n) is 12.0. The number of hydrogen-bond acceptors (Lipinski definition) is 3. The molecule has 2 aromatic carbocycles. The van der Waals surface area contributed by atoms with E-state index in [1.54, 1.807) is 0 Å². The lowest BCUT2D eigenvalue weighted by Gasteiger charge is -2.23. The number of hydrogen-bond donors (Lipinski definition) is 1. The topological polar surface area (TPSA) is 38.3 Å². The monoisotopic (exact) mass is 453 g/mol. The molecule has 2 aromatic rings. The number of allylic oxidation sites excluding steroid dienone is 1. The van der Waals surface area contributed by atoms with Gasteiger partial charge in [-0.25, -0.2) is 0 Å². The van der Waals surface area contributed by atoms with E-state index in [9.17, 15) is 4.79 Å². The van der Waals surface area contributed by atoms with Crippen LogP contribution >= 0.6 is 11.6 Å². The van der Waals surface area contributed by atoms with E-state index in [4.69, 9.17) is 16.3 Å². The molecule has 0 unspecified atom stereocenters. The second-order valence-corrected chi connectivity index (χ2v) is 9.23. The van der Waals surface area contributed by atoms with Gasteiger partial charge in [-0.05, 0) is 99.0 Å². The lowest BCUT2D eigenvalue weighted by molar-refractivity contribution is -0.114. The van der Waals surface area contributed by atoms with Crippen molar-refractivity contribution in [3.8, 4) is 5.75 Å². The molecular formula is C28H36ClNO2. The van der Waals surface area contributed by atoms with Gasteiger partial charge >= 0.3 is 0 Å². The van der Waals surface area contributed by atoms with E-state index in [1.165, 1.54) is 12.8 Å². The van der Waals surface area contributed by atoms with Gasteiger partial charge < -0.3 is 10.1 Å². The normalized spacial score (nSPS) is 15.3. The van der Waals surface area contributed by atoms with Crippen LogP contribution in [-0.2, 0) is 4.79 Å². The largest absolute Gasteiger partial charge is 0.489 e. The predicted octanol–water partition coefficient (Wildman–Crippen LogP) is 7.02. The molecule has 0 amide bonds. The van der Waals surface area contributed by atoms with E-state index in [0.717, 1.165) is 66.8 Å². The SMILES string of the molecule is CCCC/C(COc1ccc(Cl)cc1)=C(/C(=O)CCC1CCNCC1)c1ccccc1C. The fourth-order valence-electron chi connectivity index (χ4n) is 4.38. The quantitative estimate of drug-likeness (QED) is 0.371. The number of Topliss-reactive ketones (excluding diaryl/α,β-unsaturated/α-hetero) is 1. The van der Waals surface area contributed by atoms with E-state index in [0.29, 0.717) is 24.0 Å². The van der Waals surface area contributed by atoms with Gasteiger partial charge in [0, 0.05) is 17.0 Å². The van der Waals surface area contributed by atoms with Crippen LogP contribution in [0.25, 0.3) is 5.57 Å². The minimum Gasteiger partial charge on any atom is -0.489 e. The maximum absolute atomic E-state index is 13.7. The molecule has 3 rings (SSSR count). The highest BCUT2D eigenvalue weighted by Crippen LogP contribution is 2.30. The van der Waals surface area contributed by atoms with Gasteiger partial charge in [0.2, 0.25) is 0 Å². The minimum absolute atomic E-state index is 0.253. The molecule has 1 aliphatic heterocycles. The highest BCUT2D eigenvalue weighted by molar-refractivity contribution is 6.30. The third-order valence-corrected chi connectivity index (χ3v) is 6.60. The molecule has 32 heavy (non-hydrogen) atoms. The third kappa shape index (κ3) is 7.21. The number of halogens is 1. The first-order chi connectivity index (χ1) is 15.6. The van der Waals surface area contributed by atoms with Gasteiger partial charge in [-0.15, -0.1) is 0 Å². The molecule has 3 nitrogen and oxygen atoms in total. The molecule has 172 valence electrons. The van der Waals surface area contributed by atoms with E-state index < -0.39 is 0 Å². The van der Waals surface area contributed by atoms with Crippen LogP contribution < -0.4 is 10.1 Å². The van der Waals surface area contributed by atoms with Crippen LogP contribution in [0.4, 0.5) is 0 Å². The highest BCUT2D eigenvalue weighted by atomic mass is 35.5. The Morgan fingerprint density at radius 3 is 2.47 bits per heavy atom. The van der Waals surface area contributed by atoms with Gasteiger partial charge in [0.15, 0.2) is 5.78 Å². The average molecular weight is 454 g/mol. The molecule has 1 aliphatic rings. The molecule has 1 heterocycles. The number of ketones is 1. The zero-order chi connectivity index (χ0) is 22.8. The van der Waals surface area contributed by atoms with Gasteiger partial charge in [-0.2, -0.15) is 0 Å². The first kappa shape index (κ1) is 24.5. The number of carbonyl (C=O) groups excluding carboxylic acids is 1. The summed E-state index contributed by atoms with van der Waals surface area (Å²) in [6, 6.07) is 15.7. The van der Waals surface area contributed by atoms with Gasteiger partial charge in [0.1, 0.15) is 12.4 Å². The third-order valence-electron chi connectivity index (χ3n) is 6.34. The highest BCUT2D eigenvalue weighted by Gasteiger charge is 2.21. The second kappa shape index (κ2) is 12.8. The number of ether oxygens (including phenoxy) is 1. The number of piperidine rings is 1. The maximum Gasteiger partial charge on any atom is 0.163 e. The summed E-state index contributed by atoms with van der Waals surface area (Å²) in [4.78, 5) is 13.7. The number of aryl methyl sites for hydroxylation is 1. The van der Waals surface area contributed by atoms with Gasteiger partial charge in [0.25, 0.3) is 0 Å². The summed E-state index contributed by atoms with van der Waals surface area (Å²) in [6.45, 7) is 6.83. The summed E-state index contributed by atoms with van der Waals surface area (Å²) in [5, 5.41) is 4.10. The Bertz CT molecular complexity index is 898. The van der Waals surface area contributed by atoms with Crippen LogP contribution in [0.15, 0.2) is 54.1 Å². The summed E-state index contributed by atoms with van der Waals surface area (Å²) in [5.74, 6) is 1.67. The molecule has 0 atom stereocenters. The molecule has 1 saturated heterocycles. The maximum atomic E-state index is 13.7. The lowest BCUT2D eigenvalue weighted by atomic mass is 9.86. The molecule has 0 aliphatic carbocycles. The molecule has 0 radical (unpaired) electrons. The summed E-state index contributed by atoms with van der Waals surface area (Å²) in [5.41, 5.74) is 4.16. The van der Waals surface area contributed by atoms with Gasteiger partial charge in [-0.3, -0.25) is 4.79 Å². The zero-order valence-corrected chi connectivity index (χ0v) is 20.2. The van der Waals surface area contributed by atoms with E-state index in [1.807, 2.05) is 36.4 Å². The Morgan fingerprint density at radius 1 is 1.06 bits per heavy atom. The van der Waals surface area contributed by atoms with Gasteiger partial charge in [0.05, 0.1) is 0 Å². The Labute approximate surface area is 198 Å². The zero-order valence-electron chi connectivity index (χ0n) is 19.5. The Balaban J connectivity index is 1.88. The molecular weight excluding hydrogens is 418 g/mol. The fourth-order valence-corrected chi connectivity index (χ4v) is 4.51. The van der Waals surface area contributed by atoms with Crippen molar-refractivity contribution in [1.29, 1.82) is 0 Å². The number of rotatable bonds is 11. The fraction of sp³-hybridized carbons (Fsp3) is 0.464. The second-order valence-electron chi connectivity index (χ2n) is 8.79. The summed E-state index contributed by atoms with van der Waals surface area (Å²) < 4.78 is 6.13. The summed E-state index contributed by atoms with van der Waals surface area (Å²) in [7, 11) is 0. The van der Waals surface area contributed by atoms with Gasteiger partial charge in [-0.1, -0.05) is 49.2 Å². The van der Waals surface area contributed by atoms with Crippen molar-refractivity contribution in [2.75, 3.05) is 19.7 Å². The number of carbonyl (C=O) groups is 1. The molecule has 4 heteroatoms. The van der Waals surface area contributed by atoms with Crippen molar-refractivity contribution in [3.63, 3.8) is 0 Å². The van der Waals surface area contributed by atoms with Crippen molar-refractivity contribution in [1.82, 2.24) is 5.32 Å². The van der Waals surface area contributed by atoms with Crippen LogP contribution in [0.2, 0.25) is 5.02 Å². The van der Waals surface area contributed by atoms with E-state index >= 15 is 0 Å². The Hall–Kier alpha value is -2.10. The predicted molar refractivity (Wildman–Crippen MR) is 134 cm³/mol. The van der Waals surface area contributed by atoms with E-state index in [-0.39, 0.29) is 5.78 Å². The Kier molecular flexibility index (Phi) is 9.83. The van der Waals surface area contributed by atoms with Crippen LogP contribution in [0, 0.1) is 12.8 Å². The lowest BCUT2D eigenvalue weighted by Crippen LogP contribution is -2.28. The van der Waals surface area contributed by atoms with Crippen molar-refractivity contribution < 1.29 is 9.53 Å². The summed E-state index contributed by atoms with van der Waals surface area (Å²) in [6.07, 6.45) is 6.88. The number of nitrogens with one attached hydrogen (secondary N) is 1. The van der Waals surface area contributed by atoms with Crippen LogP contribution in [-0.4, -0.2) is 25.5 Å². The molecule has 0 aromatic heterocycles. The van der Waals surface area contributed by atoms with Crippen molar-refractivity contribution in [2.24, 2.45) is 5.92 Å². The van der Waals surface area contributed by atoms with Crippen molar-refractivity contribution in [2.45, 2.75) is 58.8 Å². The number of benzene rings is 2. The standard InChI is InChI=1S/C28H36ClNO2/c1-3-4-8-23(20-32-25-13-11-24(29)12-14-25)28(26-9-6-5-7-21(26)2)27(31)15-10-22-16-18-30-19-17-22/h5-7,9,11-14,22,30H,3-4,8,10,15-20H2,1-2H3/b28-23-. The van der Waals surface area contributed by atoms with Crippen molar-refractivity contribution in [3.05, 3.63) is 70.3 Å². The first-order valence-corrected chi connectivity index (χ1v) is 12.4. The molecule has 1 fully saturated rings. The van der Waals surface area contributed by atoms with E-state index in [2.05, 4.69) is 31.3 Å². The molecule has 1 N–H and O–H groups in total. The molecule has 0 spiro atoms. The summed E-state index contributed by atoms with van der Waals surface area (Å²) >= 11 is 6.02. The smallest absolute Gasteiger partial charge is 0.163 e. The molecule has 0 saturated carbocycles. The van der Waals surface area contributed by atoms with Crippen LogP contribution in [0.3, 0.4) is 0 Å².